The Balaban J connectivity index is 1.69. The first-order chi connectivity index (χ1) is 21.0. The maximum Gasteiger partial charge on any atom is 0.275 e. The highest BCUT2D eigenvalue weighted by molar-refractivity contribution is 7.89. The van der Waals surface area contributed by atoms with Crippen molar-refractivity contribution >= 4 is 39.0 Å². The van der Waals surface area contributed by atoms with Gasteiger partial charge in [-0.1, -0.05) is 72.3 Å². The largest absolute Gasteiger partial charge is 0.326 e. The lowest BCUT2D eigenvalue weighted by Gasteiger charge is -2.27. The number of Topliss-reactive ketones (excluding diaryl/α,β-unsaturated/α-hetero) is 1. The number of nitrogens with zero attached hydrogens (tertiary/aromatic N) is 1. The minimum atomic E-state index is -4.33. The van der Waals surface area contributed by atoms with Gasteiger partial charge in [-0.2, -0.15) is 4.72 Å². The highest BCUT2D eigenvalue weighted by Gasteiger charge is 2.38. The zero-order valence-corrected chi connectivity index (χ0v) is 25.4. The molecule has 4 aromatic carbocycles. The number of aryl methyl sites for hydroxylation is 1. The number of rotatable bonds is 10. The maximum atomic E-state index is 14.3. The molecule has 0 aliphatic heterocycles. The van der Waals surface area contributed by atoms with Gasteiger partial charge in [-0.25, -0.2) is 13.1 Å². The van der Waals surface area contributed by atoms with Crippen LogP contribution >= 0.6 is 11.6 Å². The molecule has 0 fully saturated rings. The van der Waals surface area contributed by atoms with E-state index >= 15 is 0 Å². The Hall–Kier alpha value is -4.77. The predicted molar refractivity (Wildman–Crippen MR) is 170 cm³/mol. The molecule has 0 aliphatic carbocycles. The normalized spacial score (nSPS) is 12.8. The number of para-hydroxylation sites is 1. The van der Waals surface area contributed by atoms with Gasteiger partial charge in [0, 0.05) is 40.4 Å². The summed E-state index contributed by atoms with van der Waals surface area (Å²) in [6.07, 6.45) is 0. The standard InChI is InChI=1S/C33H29ClN4O5S/c1-21-29(33(41)38(36-21)27-11-7-4-8-12-27)30(23-13-15-25(34)16-14-23)31(32(40)24-9-5-3-6-10-24)37-44(42,43)28-19-17-26(18-20-28)35-22(2)39/h3-20,30-31,36-37H,1-2H3,(H,35,39)/t30-,31-/m0/s1. The molecule has 0 bridgehead atoms. The Labute approximate surface area is 259 Å². The van der Waals surface area contributed by atoms with Crippen molar-refractivity contribution < 1.29 is 18.0 Å². The second-order valence-electron chi connectivity index (χ2n) is 10.2. The Kier molecular flexibility index (Phi) is 8.96. The third-order valence-corrected chi connectivity index (χ3v) is 8.82. The third-order valence-electron chi connectivity index (χ3n) is 7.11. The van der Waals surface area contributed by atoms with Crippen LogP contribution < -0.4 is 15.6 Å². The molecular formula is C33H29ClN4O5S. The molecule has 0 saturated carbocycles. The third kappa shape index (κ3) is 6.57. The number of anilines is 1. The van der Waals surface area contributed by atoms with Crippen LogP contribution in [-0.4, -0.2) is 35.9 Å². The molecule has 0 saturated heterocycles. The van der Waals surface area contributed by atoms with Crippen molar-refractivity contribution in [2.75, 3.05) is 5.32 Å². The number of amides is 1. The van der Waals surface area contributed by atoms with Crippen molar-refractivity contribution in [3.8, 4) is 5.69 Å². The molecule has 3 N–H and O–H groups in total. The van der Waals surface area contributed by atoms with Gasteiger partial charge >= 0.3 is 0 Å². The highest BCUT2D eigenvalue weighted by Crippen LogP contribution is 2.32. The van der Waals surface area contributed by atoms with Crippen molar-refractivity contribution in [1.29, 1.82) is 0 Å². The van der Waals surface area contributed by atoms with Gasteiger partial charge in [0.2, 0.25) is 15.9 Å². The molecule has 9 nitrogen and oxygen atoms in total. The summed E-state index contributed by atoms with van der Waals surface area (Å²) >= 11 is 6.20. The number of benzene rings is 4. The molecule has 44 heavy (non-hydrogen) atoms. The molecule has 5 rings (SSSR count). The van der Waals surface area contributed by atoms with Gasteiger partial charge in [-0.15, -0.1) is 0 Å². The molecule has 0 unspecified atom stereocenters. The summed E-state index contributed by atoms with van der Waals surface area (Å²) in [5.74, 6) is -1.89. The van der Waals surface area contributed by atoms with Gasteiger partial charge in [-0.05, 0) is 61.0 Å². The quantitative estimate of drug-likeness (QED) is 0.177. The lowest BCUT2D eigenvalue weighted by Crippen LogP contribution is -2.46. The molecular weight excluding hydrogens is 600 g/mol. The first kappa shape index (κ1) is 30.7. The number of H-pyrrole nitrogens is 1. The monoisotopic (exact) mass is 628 g/mol. The molecule has 2 atom stereocenters. The fraction of sp³-hybridized carbons (Fsp3) is 0.121. The summed E-state index contributed by atoms with van der Waals surface area (Å²) in [6, 6.07) is 28.0. The number of aromatic amines is 1. The number of halogens is 1. The molecule has 0 spiro atoms. The Bertz CT molecular complexity index is 1960. The van der Waals surface area contributed by atoms with Crippen LogP contribution in [0, 0.1) is 6.92 Å². The van der Waals surface area contributed by atoms with E-state index in [-0.39, 0.29) is 21.9 Å². The smallest absolute Gasteiger partial charge is 0.275 e. The number of carbonyl (C=O) groups is 2. The number of hydrogen-bond donors (Lipinski definition) is 3. The number of nitrogens with one attached hydrogen (secondary N) is 3. The summed E-state index contributed by atoms with van der Waals surface area (Å²) in [5.41, 5.74) is 2.00. The van der Waals surface area contributed by atoms with Crippen LogP contribution in [0.1, 0.15) is 40.0 Å². The van der Waals surface area contributed by atoms with Gasteiger partial charge < -0.3 is 5.32 Å². The average molecular weight is 629 g/mol. The van der Waals surface area contributed by atoms with Crippen LogP contribution in [0.2, 0.25) is 5.02 Å². The summed E-state index contributed by atoms with van der Waals surface area (Å²) in [5, 5.41) is 6.13. The van der Waals surface area contributed by atoms with Gasteiger partial charge in [0.05, 0.1) is 16.6 Å². The number of aromatic nitrogens is 2. The van der Waals surface area contributed by atoms with E-state index in [0.717, 1.165) is 0 Å². The fourth-order valence-electron chi connectivity index (χ4n) is 5.09. The van der Waals surface area contributed by atoms with E-state index in [1.54, 1.807) is 85.8 Å². The lowest BCUT2D eigenvalue weighted by molar-refractivity contribution is -0.114. The number of hydrogen-bond acceptors (Lipinski definition) is 5. The summed E-state index contributed by atoms with van der Waals surface area (Å²) in [4.78, 5) is 39.7. The number of ketones is 1. The second kappa shape index (κ2) is 12.8. The van der Waals surface area contributed by atoms with Crippen LogP contribution in [0.15, 0.2) is 119 Å². The molecule has 5 aromatic rings. The molecule has 1 aromatic heterocycles. The van der Waals surface area contributed by atoms with Crippen molar-refractivity contribution in [2.45, 2.75) is 30.7 Å². The van der Waals surface area contributed by atoms with Gasteiger partial charge in [0.15, 0.2) is 5.78 Å². The van der Waals surface area contributed by atoms with E-state index in [2.05, 4.69) is 15.1 Å². The van der Waals surface area contributed by atoms with E-state index in [4.69, 9.17) is 11.6 Å². The first-order valence-electron chi connectivity index (χ1n) is 13.7. The Morgan fingerprint density at radius 2 is 1.43 bits per heavy atom. The van der Waals surface area contributed by atoms with Crippen molar-refractivity contribution in [3.05, 3.63) is 147 Å². The molecule has 0 radical (unpaired) electrons. The summed E-state index contributed by atoms with van der Waals surface area (Å²) < 4.78 is 31.7. The summed E-state index contributed by atoms with van der Waals surface area (Å²) in [6.45, 7) is 3.05. The molecule has 224 valence electrons. The Morgan fingerprint density at radius 1 is 0.841 bits per heavy atom. The van der Waals surface area contributed by atoms with Crippen molar-refractivity contribution in [2.24, 2.45) is 0 Å². The van der Waals surface area contributed by atoms with Crippen LogP contribution in [0.4, 0.5) is 5.69 Å². The van der Waals surface area contributed by atoms with Crippen LogP contribution in [0.3, 0.4) is 0 Å². The Morgan fingerprint density at radius 3 is 2.02 bits per heavy atom. The van der Waals surface area contributed by atoms with E-state index < -0.39 is 33.3 Å². The number of carbonyl (C=O) groups excluding carboxylic acids is 2. The van der Waals surface area contributed by atoms with Crippen molar-refractivity contribution in [3.63, 3.8) is 0 Å². The fourth-order valence-corrected chi connectivity index (χ4v) is 6.43. The zero-order chi connectivity index (χ0) is 31.4. The van der Waals surface area contributed by atoms with Gasteiger partial charge in [-0.3, -0.25) is 19.5 Å². The minimum absolute atomic E-state index is 0.125. The van der Waals surface area contributed by atoms with Crippen molar-refractivity contribution in [1.82, 2.24) is 14.5 Å². The van der Waals surface area contributed by atoms with E-state index in [1.807, 2.05) is 6.07 Å². The molecule has 1 amide bonds. The van der Waals surface area contributed by atoms with Crippen LogP contribution in [0.25, 0.3) is 5.69 Å². The van der Waals surface area contributed by atoms with E-state index in [1.165, 1.54) is 35.9 Å². The maximum absolute atomic E-state index is 14.3. The predicted octanol–water partition coefficient (Wildman–Crippen LogP) is 5.45. The van der Waals surface area contributed by atoms with Gasteiger partial charge in [0.1, 0.15) is 0 Å². The highest BCUT2D eigenvalue weighted by atomic mass is 35.5. The van der Waals surface area contributed by atoms with Crippen LogP contribution in [-0.2, 0) is 14.8 Å². The van der Waals surface area contributed by atoms with Crippen LogP contribution in [0.5, 0.6) is 0 Å². The van der Waals surface area contributed by atoms with E-state index in [0.29, 0.717) is 27.7 Å². The average Bonchev–Trinajstić information content (AvgIpc) is 3.31. The molecule has 1 heterocycles. The molecule has 11 heteroatoms. The zero-order valence-electron chi connectivity index (χ0n) is 23.8. The molecule has 0 aliphatic rings. The second-order valence-corrected chi connectivity index (χ2v) is 12.3. The van der Waals surface area contributed by atoms with E-state index in [9.17, 15) is 22.8 Å². The SMILES string of the molecule is CC(=O)Nc1ccc(S(=O)(=O)N[C@H](C(=O)c2ccccc2)[C@@H](c2ccc(Cl)cc2)c2c(C)[nH]n(-c3ccccc3)c2=O)cc1. The topological polar surface area (TPSA) is 130 Å². The number of sulfonamides is 1. The lowest BCUT2D eigenvalue weighted by atomic mass is 9.82. The summed E-state index contributed by atoms with van der Waals surface area (Å²) in [7, 11) is -4.33. The van der Waals surface area contributed by atoms with Gasteiger partial charge in [0.25, 0.3) is 5.56 Å². The minimum Gasteiger partial charge on any atom is -0.326 e. The first-order valence-corrected chi connectivity index (χ1v) is 15.5.